The number of hydrogen-bond acceptors (Lipinski definition) is 3. The summed E-state index contributed by atoms with van der Waals surface area (Å²) in [6, 6.07) is 9.94. The minimum Gasteiger partial charge on any atom is -0.394 e. The van der Waals surface area contributed by atoms with Gasteiger partial charge in [-0.2, -0.15) is 0 Å². The van der Waals surface area contributed by atoms with Crippen molar-refractivity contribution >= 4 is 5.91 Å². The Hall–Kier alpha value is -1.39. The molecule has 1 aliphatic carbocycles. The molecule has 0 bridgehead atoms. The monoisotopic (exact) mass is 275 g/mol. The minimum absolute atomic E-state index is 0.0209. The van der Waals surface area contributed by atoms with Crippen LogP contribution in [0.1, 0.15) is 31.2 Å². The highest BCUT2D eigenvalue weighted by Crippen LogP contribution is 2.48. The van der Waals surface area contributed by atoms with Crippen LogP contribution < -0.4 is 5.32 Å². The van der Waals surface area contributed by atoms with Crippen molar-refractivity contribution in [2.45, 2.75) is 36.6 Å². The SMILES string of the molecule is O=C(NC1(CO)CCOCC1)C1(c2ccccc2)CC1. The van der Waals surface area contributed by atoms with Crippen LogP contribution in [0.5, 0.6) is 0 Å². The Morgan fingerprint density at radius 2 is 1.80 bits per heavy atom. The quantitative estimate of drug-likeness (QED) is 0.872. The second-order valence-corrected chi connectivity index (χ2v) is 5.95. The van der Waals surface area contributed by atoms with Crippen molar-refractivity contribution in [3.05, 3.63) is 35.9 Å². The average molecular weight is 275 g/mol. The van der Waals surface area contributed by atoms with Gasteiger partial charge in [0.05, 0.1) is 17.6 Å². The molecule has 1 saturated heterocycles. The summed E-state index contributed by atoms with van der Waals surface area (Å²) in [5, 5.41) is 12.8. The maximum atomic E-state index is 12.7. The Kier molecular flexibility index (Phi) is 3.52. The second kappa shape index (κ2) is 5.19. The number of nitrogens with one attached hydrogen (secondary N) is 1. The molecule has 3 rings (SSSR count). The van der Waals surface area contributed by atoms with E-state index in [1.165, 1.54) is 0 Å². The van der Waals surface area contributed by atoms with Gasteiger partial charge in [0.25, 0.3) is 0 Å². The van der Waals surface area contributed by atoms with Crippen LogP contribution in [-0.2, 0) is 14.9 Å². The molecule has 1 aromatic carbocycles. The lowest BCUT2D eigenvalue weighted by Crippen LogP contribution is -2.57. The Balaban J connectivity index is 1.76. The van der Waals surface area contributed by atoms with E-state index in [9.17, 15) is 9.90 Å². The van der Waals surface area contributed by atoms with Crippen LogP contribution in [0.4, 0.5) is 0 Å². The zero-order valence-corrected chi connectivity index (χ0v) is 11.6. The van der Waals surface area contributed by atoms with Crippen molar-refractivity contribution in [1.82, 2.24) is 5.32 Å². The number of aliphatic hydroxyl groups is 1. The Bertz CT molecular complexity index is 476. The standard InChI is InChI=1S/C16H21NO3/c18-12-15(8-10-20-11-9-15)17-14(19)16(6-7-16)13-4-2-1-3-5-13/h1-5,18H,6-12H2,(H,17,19). The Labute approximate surface area is 119 Å². The maximum Gasteiger partial charge on any atom is 0.231 e. The second-order valence-electron chi connectivity index (χ2n) is 5.95. The fourth-order valence-corrected chi connectivity index (χ4v) is 2.97. The first-order valence-electron chi connectivity index (χ1n) is 7.28. The largest absolute Gasteiger partial charge is 0.394 e. The highest BCUT2D eigenvalue weighted by atomic mass is 16.5. The van der Waals surface area contributed by atoms with Gasteiger partial charge in [0.1, 0.15) is 0 Å². The third-order valence-electron chi connectivity index (χ3n) is 4.64. The molecule has 4 nitrogen and oxygen atoms in total. The summed E-state index contributed by atoms with van der Waals surface area (Å²) >= 11 is 0. The zero-order chi connectivity index (χ0) is 14.1. The molecule has 1 aliphatic heterocycles. The van der Waals surface area contributed by atoms with E-state index in [0.717, 1.165) is 18.4 Å². The normalized spacial score (nSPS) is 23.1. The van der Waals surface area contributed by atoms with Crippen LogP contribution >= 0.6 is 0 Å². The third kappa shape index (κ3) is 2.34. The lowest BCUT2D eigenvalue weighted by atomic mass is 9.88. The molecular weight excluding hydrogens is 254 g/mol. The van der Waals surface area contributed by atoms with E-state index in [2.05, 4.69) is 5.32 Å². The third-order valence-corrected chi connectivity index (χ3v) is 4.64. The molecular formula is C16H21NO3. The summed E-state index contributed by atoms with van der Waals surface area (Å²) in [6.07, 6.45) is 3.14. The molecule has 108 valence electrons. The number of benzene rings is 1. The van der Waals surface area contributed by atoms with E-state index < -0.39 is 5.54 Å². The molecule has 0 unspecified atom stereocenters. The van der Waals surface area contributed by atoms with Crippen molar-refractivity contribution in [3.63, 3.8) is 0 Å². The predicted molar refractivity (Wildman–Crippen MR) is 75.4 cm³/mol. The van der Waals surface area contributed by atoms with E-state index in [1.54, 1.807) is 0 Å². The summed E-state index contributed by atoms with van der Waals surface area (Å²) in [4.78, 5) is 12.7. The molecule has 0 spiro atoms. The summed E-state index contributed by atoms with van der Waals surface area (Å²) in [7, 11) is 0. The van der Waals surface area contributed by atoms with Gasteiger partial charge >= 0.3 is 0 Å². The number of carbonyl (C=O) groups is 1. The van der Waals surface area contributed by atoms with Gasteiger partial charge in [0, 0.05) is 13.2 Å². The van der Waals surface area contributed by atoms with E-state index in [0.29, 0.717) is 26.1 Å². The summed E-state index contributed by atoms with van der Waals surface area (Å²) < 4.78 is 5.33. The van der Waals surface area contributed by atoms with Crippen LogP contribution in [-0.4, -0.2) is 36.4 Å². The minimum atomic E-state index is -0.500. The Morgan fingerprint density at radius 3 is 2.35 bits per heavy atom. The van der Waals surface area contributed by atoms with Gasteiger partial charge < -0.3 is 15.2 Å². The fraction of sp³-hybridized carbons (Fsp3) is 0.562. The van der Waals surface area contributed by atoms with E-state index >= 15 is 0 Å². The highest BCUT2D eigenvalue weighted by Gasteiger charge is 2.52. The molecule has 2 aliphatic rings. The summed E-state index contributed by atoms with van der Waals surface area (Å²) in [5.41, 5.74) is 0.208. The van der Waals surface area contributed by atoms with Crippen LogP contribution in [0.3, 0.4) is 0 Å². The number of ether oxygens (including phenoxy) is 1. The lowest BCUT2D eigenvalue weighted by molar-refractivity contribution is -0.127. The highest BCUT2D eigenvalue weighted by molar-refractivity contribution is 5.91. The van der Waals surface area contributed by atoms with E-state index in [4.69, 9.17) is 4.74 Å². The van der Waals surface area contributed by atoms with Crippen LogP contribution in [0, 0.1) is 0 Å². The van der Waals surface area contributed by atoms with Crippen molar-refractivity contribution in [1.29, 1.82) is 0 Å². The zero-order valence-electron chi connectivity index (χ0n) is 11.6. The predicted octanol–water partition coefficient (Wildman–Crippen LogP) is 1.38. The van der Waals surface area contributed by atoms with Crippen molar-refractivity contribution < 1.29 is 14.6 Å². The number of aliphatic hydroxyl groups excluding tert-OH is 1. The smallest absolute Gasteiger partial charge is 0.231 e. The van der Waals surface area contributed by atoms with Gasteiger partial charge in [-0.1, -0.05) is 30.3 Å². The number of carbonyl (C=O) groups excluding carboxylic acids is 1. The van der Waals surface area contributed by atoms with Gasteiger partial charge in [-0.25, -0.2) is 0 Å². The topological polar surface area (TPSA) is 58.6 Å². The average Bonchev–Trinajstić information content (AvgIpc) is 3.31. The number of rotatable bonds is 4. The van der Waals surface area contributed by atoms with Crippen LogP contribution in [0.15, 0.2) is 30.3 Å². The van der Waals surface area contributed by atoms with E-state index in [-0.39, 0.29) is 17.9 Å². The molecule has 0 radical (unpaired) electrons. The van der Waals surface area contributed by atoms with Gasteiger partial charge in [-0.05, 0) is 31.2 Å². The molecule has 1 aromatic rings. The molecule has 1 saturated carbocycles. The van der Waals surface area contributed by atoms with Crippen molar-refractivity contribution in [3.8, 4) is 0 Å². The number of amides is 1. The van der Waals surface area contributed by atoms with E-state index in [1.807, 2.05) is 30.3 Å². The van der Waals surface area contributed by atoms with Gasteiger partial charge in [-0.3, -0.25) is 4.79 Å². The van der Waals surface area contributed by atoms with Crippen LogP contribution in [0.25, 0.3) is 0 Å². The lowest BCUT2D eigenvalue weighted by Gasteiger charge is -2.37. The molecule has 0 aromatic heterocycles. The van der Waals surface area contributed by atoms with Gasteiger partial charge in [-0.15, -0.1) is 0 Å². The van der Waals surface area contributed by atoms with Crippen LogP contribution in [0.2, 0.25) is 0 Å². The first-order chi connectivity index (χ1) is 9.71. The Morgan fingerprint density at radius 1 is 1.15 bits per heavy atom. The number of hydrogen-bond donors (Lipinski definition) is 2. The first kappa shape index (κ1) is 13.6. The molecule has 1 heterocycles. The van der Waals surface area contributed by atoms with Crippen molar-refractivity contribution in [2.75, 3.05) is 19.8 Å². The molecule has 1 amide bonds. The molecule has 20 heavy (non-hydrogen) atoms. The van der Waals surface area contributed by atoms with Crippen molar-refractivity contribution in [2.24, 2.45) is 0 Å². The first-order valence-corrected chi connectivity index (χ1v) is 7.28. The molecule has 4 heteroatoms. The molecule has 2 fully saturated rings. The maximum absolute atomic E-state index is 12.7. The van der Waals surface area contributed by atoms with Gasteiger partial charge in [0.15, 0.2) is 0 Å². The summed E-state index contributed by atoms with van der Waals surface area (Å²) in [5.74, 6) is 0.0552. The molecule has 0 atom stereocenters. The molecule has 2 N–H and O–H groups in total. The summed E-state index contributed by atoms with van der Waals surface area (Å²) in [6.45, 7) is 1.17. The fourth-order valence-electron chi connectivity index (χ4n) is 2.97. The van der Waals surface area contributed by atoms with Gasteiger partial charge in [0.2, 0.25) is 5.91 Å².